The molecule has 0 fully saturated rings. The Morgan fingerprint density at radius 2 is 1.82 bits per heavy atom. The number of hydrogen-bond acceptors (Lipinski definition) is 2. The van der Waals surface area contributed by atoms with Crippen LogP contribution >= 0.6 is 59.1 Å². The molecule has 2 N–H and O–H groups in total. The first-order chi connectivity index (χ1) is 7.99. The van der Waals surface area contributed by atoms with Gasteiger partial charge < -0.3 is 5.73 Å². The van der Waals surface area contributed by atoms with Gasteiger partial charge in [0.25, 0.3) is 0 Å². The first kappa shape index (κ1) is 13.7. The third-order valence-corrected chi connectivity index (χ3v) is 5.46. The predicted molar refractivity (Wildman–Crippen MR) is 84.6 cm³/mol. The van der Waals surface area contributed by atoms with Gasteiger partial charge in [-0.05, 0) is 73.7 Å². The molecule has 0 aliphatic heterocycles. The largest absolute Gasteiger partial charge is 0.320 e. The molecule has 1 aromatic carbocycles. The summed E-state index contributed by atoms with van der Waals surface area (Å²) in [6.45, 7) is 2.08. The molecular weight excluding hydrogens is 430 g/mol. The van der Waals surface area contributed by atoms with Crippen LogP contribution in [0.5, 0.6) is 0 Å². The molecule has 0 saturated carbocycles. The molecule has 17 heavy (non-hydrogen) atoms. The molecule has 1 unspecified atom stereocenters. The van der Waals surface area contributed by atoms with Crippen LogP contribution in [0.15, 0.2) is 36.3 Å². The predicted octanol–water partition coefficient (Wildman–Crippen LogP) is 5.39. The monoisotopic (exact) mass is 437 g/mol. The van der Waals surface area contributed by atoms with Crippen LogP contribution in [-0.4, -0.2) is 0 Å². The van der Waals surface area contributed by atoms with E-state index in [9.17, 15) is 0 Å². The number of rotatable bonds is 2. The van der Waals surface area contributed by atoms with E-state index in [2.05, 4.69) is 72.9 Å². The summed E-state index contributed by atoms with van der Waals surface area (Å²) >= 11 is 12.1. The van der Waals surface area contributed by atoms with E-state index in [4.69, 9.17) is 5.73 Å². The molecule has 2 rings (SSSR count). The first-order valence-corrected chi connectivity index (χ1v) is 8.15. The molecule has 0 spiro atoms. The molecule has 0 aliphatic rings. The minimum atomic E-state index is -0.0972. The SMILES string of the molecule is Cc1cc(Br)ccc1C(N)c1cc(Br)sc1Br. The van der Waals surface area contributed by atoms with Crippen molar-refractivity contribution in [1.82, 2.24) is 0 Å². The van der Waals surface area contributed by atoms with Crippen molar-refractivity contribution < 1.29 is 0 Å². The Bertz CT molecular complexity index is 551. The zero-order chi connectivity index (χ0) is 12.6. The van der Waals surface area contributed by atoms with Gasteiger partial charge in [0.1, 0.15) is 0 Å². The van der Waals surface area contributed by atoms with Gasteiger partial charge in [-0.1, -0.05) is 22.0 Å². The van der Waals surface area contributed by atoms with Crippen molar-refractivity contribution in [2.45, 2.75) is 13.0 Å². The van der Waals surface area contributed by atoms with Crippen LogP contribution in [0.3, 0.4) is 0 Å². The second kappa shape index (κ2) is 5.53. The molecule has 0 bridgehead atoms. The standard InChI is InChI=1S/C12H10Br3NS/c1-6-4-7(13)2-3-8(6)11(16)9-5-10(14)17-12(9)15/h2-5,11H,16H2,1H3. The molecule has 1 nitrogen and oxygen atoms in total. The normalized spacial score (nSPS) is 12.8. The number of nitrogens with two attached hydrogens (primary N) is 1. The van der Waals surface area contributed by atoms with E-state index in [-0.39, 0.29) is 6.04 Å². The van der Waals surface area contributed by atoms with E-state index in [0.717, 1.165) is 23.2 Å². The fraction of sp³-hybridized carbons (Fsp3) is 0.167. The Kier molecular flexibility index (Phi) is 4.47. The van der Waals surface area contributed by atoms with Gasteiger partial charge in [0.2, 0.25) is 0 Å². The van der Waals surface area contributed by atoms with Crippen LogP contribution in [0.2, 0.25) is 0 Å². The van der Waals surface area contributed by atoms with Crippen LogP contribution < -0.4 is 5.73 Å². The van der Waals surface area contributed by atoms with Gasteiger partial charge in [-0.15, -0.1) is 11.3 Å². The Morgan fingerprint density at radius 3 is 2.35 bits per heavy atom. The molecular formula is C12H10Br3NS. The minimum absolute atomic E-state index is 0.0972. The van der Waals surface area contributed by atoms with Gasteiger partial charge in [0.05, 0.1) is 13.6 Å². The zero-order valence-corrected chi connectivity index (χ0v) is 14.6. The lowest BCUT2D eigenvalue weighted by Crippen LogP contribution is -2.12. The summed E-state index contributed by atoms with van der Waals surface area (Å²) in [5.41, 5.74) is 9.79. The van der Waals surface area contributed by atoms with Crippen molar-refractivity contribution in [3.8, 4) is 0 Å². The van der Waals surface area contributed by atoms with E-state index in [1.165, 1.54) is 5.56 Å². The summed E-state index contributed by atoms with van der Waals surface area (Å²) in [4.78, 5) is 0. The van der Waals surface area contributed by atoms with Crippen molar-refractivity contribution in [3.05, 3.63) is 53.0 Å². The summed E-state index contributed by atoms with van der Waals surface area (Å²) in [5.74, 6) is 0. The third kappa shape index (κ3) is 3.01. The lowest BCUT2D eigenvalue weighted by molar-refractivity contribution is 0.862. The van der Waals surface area contributed by atoms with Crippen LogP contribution in [0.25, 0.3) is 0 Å². The number of aryl methyl sites for hydroxylation is 1. The van der Waals surface area contributed by atoms with Gasteiger partial charge in [-0.25, -0.2) is 0 Å². The highest BCUT2D eigenvalue weighted by molar-refractivity contribution is 9.12. The molecule has 0 amide bonds. The van der Waals surface area contributed by atoms with Gasteiger partial charge in [-0.2, -0.15) is 0 Å². The second-order valence-electron chi connectivity index (χ2n) is 3.76. The molecule has 2 aromatic rings. The summed E-state index contributed by atoms with van der Waals surface area (Å²) in [7, 11) is 0. The highest BCUT2D eigenvalue weighted by Crippen LogP contribution is 2.37. The fourth-order valence-corrected chi connectivity index (χ4v) is 5.13. The molecule has 0 saturated heterocycles. The second-order valence-corrected chi connectivity index (χ2v) is 8.42. The van der Waals surface area contributed by atoms with Crippen molar-refractivity contribution >= 4 is 59.1 Å². The summed E-state index contributed by atoms with van der Waals surface area (Å²) in [6, 6.07) is 8.16. The van der Waals surface area contributed by atoms with Gasteiger partial charge in [-0.3, -0.25) is 0 Å². The van der Waals surface area contributed by atoms with Crippen LogP contribution in [0.1, 0.15) is 22.7 Å². The third-order valence-electron chi connectivity index (χ3n) is 2.59. The zero-order valence-electron chi connectivity index (χ0n) is 9.01. The highest BCUT2D eigenvalue weighted by atomic mass is 79.9. The maximum atomic E-state index is 6.32. The van der Waals surface area contributed by atoms with E-state index >= 15 is 0 Å². The highest BCUT2D eigenvalue weighted by Gasteiger charge is 2.16. The Hall–Kier alpha value is 0.320. The molecule has 0 aliphatic carbocycles. The van der Waals surface area contributed by atoms with E-state index in [1.54, 1.807) is 11.3 Å². The number of halogens is 3. The van der Waals surface area contributed by atoms with Crippen LogP contribution in [0.4, 0.5) is 0 Å². The van der Waals surface area contributed by atoms with Crippen molar-refractivity contribution in [3.63, 3.8) is 0 Å². The van der Waals surface area contributed by atoms with Gasteiger partial charge >= 0.3 is 0 Å². The van der Waals surface area contributed by atoms with Crippen LogP contribution in [-0.2, 0) is 0 Å². The average Bonchev–Trinajstić information content (AvgIpc) is 2.57. The summed E-state index contributed by atoms with van der Waals surface area (Å²) in [6.07, 6.45) is 0. The van der Waals surface area contributed by atoms with Crippen molar-refractivity contribution in [2.24, 2.45) is 5.73 Å². The Morgan fingerprint density at radius 1 is 1.12 bits per heavy atom. The van der Waals surface area contributed by atoms with E-state index in [1.807, 2.05) is 6.07 Å². The van der Waals surface area contributed by atoms with Gasteiger partial charge in [0, 0.05) is 4.47 Å². The number of hydrogen-bond donors (Lipinski definition) is 1. The first-order valence-electron chi connectivity index (χ1n) is 4.95. The molecule has 90 valence electrons. The molecule has 1 aromatic heterocycles. The minimum Gasteiger partial charge on any atom is -0.320 e. The number of thiophene rings is 1. The Labute approximate surface area is 130 Å². The van der Waals surface area contributed by atoms with E-state index in [0.29, 0.717) is 0 Å². The molecule has 5 heteroatoms. The smallest absolute Gasteiger partial charge is 0.0761 e. The average molecular weight is 440 g/mol. The summed E-state index contributed by atoms with van der Waals surface area (Å²) in [5, 5.41) is 0. The van der Waals surface area contributed by atoms with Crippen molar-refractivity contribution in [2.75, 3.05) is 0 Å². The topological polar surface area (TPSA) is 26.0 Å². The lowest BCUT2D eigenvalue weighted by atomic mass is 9.98. The maximum Gasteiger partial charge on any atom is 0.0761 e. The number of benzene rings is 1. The Balaban J connectivity index is 2.43. The lowest BCUT2D eigenvalue weighted by Gasteiger charge is -2.14. The quantitative estimate of drug-likeness (QED) is 0.666. The van der Waals surface area contributed by atoms with Crippen molar-refractivity contribution in [1.29, 1.82) is 0 Å². The summed E-state index contributed by atoms with van der Waals surface area (Å²) < 4.78 is 3.25. The fourth-order valence-electron chi connectivity index (χ4n) is 1.72. The molecule has 1 atom stereocenters. The molecule has 0 radical (unpaired) electrons. The maximum absolute atomic E-state index is 6.32. The van der Waals surface area contributed by atoms with E-state index < -0.39 is 0 Å². The van der Waals surface area contributed by atoms with Gasteiger partial charge in [0.15, 0.2) is 0 Å². The molecule has 1 heterocycles. The van der Waals surface area contributed by atoms with Crippen LogP contribution in [0, 0.1) is 6.92 Å².